The van der Waals surface area contributed by atoms with E-state index in [2.05, 4.69) is 20.2 Å². The first-order valence-corrected chi connectivity index (χ1v) is 11.6. The van der Waals surface area contributed by atoms with E-state index in [1.165, 1.54) is 0 Å². The summed E-state index contributed by atoms with van der Waals surface area (Å²) in [5, 5.41) is 11.0. The molecular weight excluding hydrogens is 440 g/mol. The van der Waals surface area contributed by atoms with E-state index in [4.69, 9.17) is 9.47 Å². The number of aryl methyl sites for hydroxylation is 3. The van der Waals surface area contributed by atoms with Crippen molar-refractivity contribution < 1.29 is 22.7 Å². The number of fused-ring (bicyclic) bond motifs is 1. The maximum atomic E-state index is 12.8. The van der Waals surface area contributed by atoms with Crippen LogP contribution < -0.4 is 19.5 Å². The summed E-state index contributed by atoms with van der Waals surface area (Å²) in [5.74, 6) is 0.713. The molecule has 4 rings (SSSR count). The van der Waals surface area contributed by atoms with E-state index in [0.717, 1.165) is 16.9 Å². The molecule has 2 aromatic carbocycles. The van der Waals surface area contributed by atoms with Crippen LogP contribution in [0.15, 0.2) is 35.2 Å². The summed E-state index contributed by atoms with van der Waals surface area (Å²) >= 11 is 1.02. The van der Waals surface area contributed by atoms with Crippen LogP contribution in [0.2, 0.25) is 0 Å². The van der Waals surface area contributed by atoms with Crippen molar-refractivity contribution in [2.75, 3.05) is 12.1 Å². The zero-order valence-electron chi connectivity index (χ0n) is 17.1. The van der Waals surface area contributed by atoms with Gasteiger partial charge in [-0.3, -0.25) is 4.79 Å². The lowest BCUT2D eigenvalue weighted by Crippen LogP contribution is -2.25. The number of sulfonamides is 1. The summed E-state index contributed by atoms with van der Waals surface area (Å²) in [4.78, 5) is 12.7. The van der Waals surface area contributed by atoms with Crippen LogP contribution in [0.25, 0.3) is 0 Å². The third-order valence-corrected chi connectivity index (χ3v) is 7.21. The molecule has 0 spiro atoms. The number of ether oxygens (including phenoxy) is 2. The van der Waals surface area contributed by atoms with Crippen LogP contribution >= 0.6 is 11.3 Å². The van der Waals surface area contributed by atoms with E-state index in [1.54, 1.807) is 32.0 Å². The van der Waals surface area contributed by atoms with Crippen LogP contribution in [0.4, 0.5) is 5.69 Å². The van der Waals surface area contributed by atoms with Gasteiger partial charge in [-0.15, -0.1) is 10.2 Å². The standard InChI is InChI=1S/C20H20N4O5S2/c1-11-6-12(2)18(13(3)7-11)31(26,27)21-9-17-23-24-20(30-17)19(25)22-14-4-5-15-16(8-14)29-10-28-15/h4-8,21H,9-10H2,1-3H3,(H,22,25). The van der Waals surface area contributed by atoms with Crippen LogP contribution in [0.5, 0.6) is 11.5 Å². The maximum absolute atomic E-state index is 12.8. The molecule has 0 saturated carbocycles. The van der Waals surface area contributed by atoms with Gasteiger partial charge in [0.1, 0.15) is 5.01 Å². The number of nitrogens with one attached hydrogen (secondary N) is 2. The van der Waals surface area contributed by atoms with Crippen LogP contribution in [0.3, 0.4) is 0 Å². The Balaban J connectivity index is 1.43. The van der Waals surface area contributed by atoms with E-state index < -0.39 is 15.9 Å². The van der Waals surface area contributed by atoms with Gasteiger partial charge in [0, 0.05) is 11.8 Å². The minimum atomic E-state index is -3.74. The number of carbonyl (C=O) groups is 1. The summed E-state index contributed by atoms with van der Waals surface area (Å²) in [7, 11) is -3.74. The van der Waals surface area contributed by atoms with E-state index in [1.807, 2.05) is 19.1 Å². The SMILES string of the molecule is Cc1cc(C)c(S(=O)(=O)NCc2nnc(C(=O)Nc3ccc4c(c3)OCO4)s2)c(C)c1. The molecule has 1 amide bonds. The van der Waals surface area contributed by atoms with Gasteiger partial charge in [-0.2, -0.15) is 0 Å². The molecular formula is C20H20N4O5S2. The molecule has 0 unspecified atom stereocenters. The van der Waals surface area contributed by atoms with Crippen molar-refractivity contribution in [3.05, 3.63) is 57.0 Å². The fraction of sp³-hybridized carbons (Fsp3) is 0.250. The average Bonchev–Trinajstić information content (AvgIpc) is 3.34. The van der Waals surface area contributed by atoms with Crippen molar-refractivity contribution in [2.24, 2.45) is 0 Å². The molecule has 0 aliphatic carbocycles. The molecule has 31 heavy (non-hydrogen) atoms. The minimum Gasteiger partial charge on any atom is -0.454 e. The zero-order chi connectivity index (χ0) is 22.2. The molecule has 0 saturated heterocycles. The van der Waals surface area contributed by atoms with Gasteiger partial charge in [0.05, 0.1) is 11.4 Å². The number of aromatic nitrogens is 2. The molecule has 1 aliphatic heterocycles. The molecule has 0 atom stereocenters. The van der Waals surface area contributed by atoms with Gasteiger partial charge >= 0.3 is 0 Å². The lowest BCUT2D eigenvalue weighted by molar-refractivity contribution is 0.102. The number of amides is 1. The predicted molar refractivity (Wildman–Crippen MR) is 115 cm³/mol. The van der Waals surface area contributed by atoms with Gasteiger partial charge in [-0.25, -0.2) is 13.1 Å². The Kier molecular flexibility index (Phi) is 5.65. The quantitative estimate of drug-likeness (QED) is 0.580. The Bertz CT molecular complexity index is 1250. The van der Waals surface area contributed by atoms with Gasteiger partial charge in [0.2, 0.25) is 21.8 Å². The molecule has 0 fully saturated rings. The van der Waals surface area contributed by atoms with Gasteiger partial charge < -0.3 is 14.8 Å². The van der Waals surface area contributed by atoms with Gasteiger partial charge in [-0.1, -0.05) is 29.0 Å². The van der Waals surface area contributed by atoms with E-state index in [9.17, 15) is 13.2 Å². The van der Waals surface area contributed by atoms with Crippen molar-refractivity contribution in [3.8, 4) is 11.5 Å². The van der Waals surface area contributed by atoms with E-state index in [-0.39, 0.29) is 23.2 Å². The highest BCUT2D eigenvalue weighted by molar-refractivity contribution is 7.89. The third-order valence-electron chi connectivity index (χ3n) is 4.58. The normalized spacial score (nSPS) is 12.7. The first-order valence-electron chi connectivity index (χ1n) is 9.34. The number of carbonyl (C=O) groups excluding carboxylic acids is 1. The van der Waals surface area contributed by atoms with Crippen molar-refractivity contribution in [1.29, 1.82) is 0 Å². The lowest BCUT2D eigenvalue weighted by Gasteiger charge is -2.12. The third kappa shape index (κ3) is 4.53. The highest BCUT2D eigenvalue weighted by atomic mass is 32.2. The number of hydrogen-bond acceptors (Lipinski definition) is 8. The molecule has 3 aromatic rings. The minimum absolute atomic E-state index is 0.0654. The average molecular weight is 461 g/mol. The molecule has 1 aromatic heterocycles. The zero-order valence-corrected chi connectivity index (χ0v) is 18.7. The van der Waals surface area contributed by atoms with Gasteiger partial charge in [-0.05, 0) is 44.0 Å². The predicted octanol–water partition coefficient (Wildman–Crippen LogP) is 2.92. The largest absolute Gasteiger partial charge is 0.454 e. The first-order chi connectivity index (χ1) is 14.7. The summed E-state index contributed by atoms with van der Waals surface area (Å²) < 4.78 is 38.6. The lowest BCUT2D eigenvalue weighted by atomic mass is 10.1. The number of benzene rings is 2. The van der Waals surface area contributed by atoms with Gasteiger partial charge in [0.15, 0.2) is 11.5 Å². The molecule has 162 valence electrons. The summed E-state index contributed by atoms with van der Waals surface area (Å²) in [6.07, 6.45) is 0. The first kappa shape index (κ1) is 21.2. The number of rotatable bonds is 6. The highest BCUT2D eigenvalue weighted by Crippen LogP contribution is 2.34. The van der Waals surface area contributed by atoms with Crippen molar-refractivity contribution in [3.63, 3.8) is 0 Å². The Morgan fingerprint density at radius 2 is 1.77 bits per heavy atom. The fourth-order valence-electron chi connectivity index (χ4n) is 3.40. The monoisotopic (exact) mass is 460 g/mol. The Hall–Kier alpha value is -3.02. The smallest absolute Gasteiger partial charge is 0.286 e. The Morgan fingerprint density at radius 1 is 1.06 bits per heavy atom. The Morgan fingerprint density at radius 3 is 2.52 bits per heavy atom. The summed E-state index contributed by atoms with van der Waals surface area (Å²) in [6.45, 7) is 5.52. The molecule has 0 radical (unpaired) electrons. The van der Waals surface area contributed by atoms with Crippen LogP contribution in [-0.2, 0) is 16.6 Å². The maximum Gasteiger partial charge on any atom is 0.286 e. The van der Waals surface area contributed by atoms with Crippen LogP contribution in [0.1, 0.15) is 31.5 Å². The number of anilines is 1. The van der Waals surface area contributed by atoms with Crippen molar-refractivity contribution >= 4 is 33.0 Å². The summed E-state index contributed by atoms with van der Waals surface area (Å²) in [5.41, 5.74) is 2.87. The van der Waals surface area contributed by atoms with Gasteiger partial charge in [0.25, 0.3) is 5.91 Å². The van der Waals surface area contributed by atoms with E-state index >= 15 is 0 Å². The number of nitrogens with zero attached hydrogens (tertiary/aromatic N) is 2. The molecule has 2 N–H and O–H groups in total. The van der Waals surface area contributed by atoms with Crippen LogP contribution in [0, 0.1) is 20.8 Å². The van der Waals surface area contributed by atoms with Crippen molar-refractivity contribution in [2.45, 2.75) is 32.2 Å². The summed E-state index contributed by atoms with van der Waals surface area (Å²) in [6, 6.07) is 8.69. The second-order valence-electron chi connectivity index (χ2n) is 7.08. The highest BCUT2D eigenvalue weighted by Gasteiger charge is 2.21. The molecule has 11 heteroatoms. The van der Waals surface area contributed by atoms with Crippen LogP contribution in [-0.4, -0.2) is 31.3 Å². The Labute approximate surface area is 183 Å². The molecule has 2 heterocycles. The second kappa shape index (κ2) is 8.25. The topological polar surface area (TPSA) is 120 Å². The van der Waals surface area contributed by atoms with E-state index in [0.29, 0.717) is 33.3 Å². The fourth-order valence-corrected chi connectivity index (χ4v) is 5.60. The molecule has 1 aliphatic rings. The second-order valence-corrected chi connectivity index (χ2v) is 9.84. The van der Waals surface area contributed by atoms with Crippen molar-refractivity contribution in [1.82, 2.24) is 14.9 Å². The molecule has 0 bridgehead atoms. The molecule has 9 nitrogen and oxygen atoms in total. The number of hydrogen-bond donors (Lipinski definition) is 2.